The molecule has 0 amide bonds. The Bertz CT molecular complexity index is 903. The van der Waals surface area contributed by atoms with E-state index in [0.717, 1.165) is 22.9 Å². The van der Waals surface area contributed by atoms with Gasteiger partial charge in [0, 0.05) is 11.8 Å². The molecule has 2 atom stereocenters. The van der Waals surface area contributed by atoms with Gasteiger partial charge in [-0.2, -0.15) is 0 Å². The van der Waals surface area contributed by atoms with Gasteiger partial charge in [-0.3, -0.25) is 4.98 Å². The zero-order chi connectivity index (χ0) is 18.7. The van der Waals surface area contributed by atoms with Gasteiger partial charge in [0.05, 0.1) is 28.4 Å². The van der Waals surface area contributed by atoms with Crippen LogP contribution in [0.5, 0.6) is 0 Å². The average Bonchev–Trinajstić information content (AvgIpc) is 2.65. The number of halogens is 3. The van der Waals surface area contributed by atoms with Gasteiger partial charge in [-0.15, -0.1) is 0 Å². The van der Waals surface area contributed by atoms with Crippen molar-refractivity contribution in [1.82, 2.24) is 10.3 Å². The van der Waals surface area contributed by atoms with E-state index in [2.05, 4.69) is 10.3 Å². The van der Waals surface area contributed by atoms with Crippen molar-refractivity contribution in [3.8, 4) is 11.1 Å². The van der Waals surface area contributed by atoms with E-state index in [4.69, 9.17) is 23.2 Å². The Kier molecular flexibility index (Phi) is 5.89. The summed E-state index contributed by atoms with van der Waals surface area (Å²) in [6.45, 7) is 0. The number of hydrogen-bond acceptors (Lipinski definition) is 3. The van der Waals surface area contributed by atoms with E-state index in [0.29, 0.717) is 15.6 Å². The van der Waals surface area contributed by atoms with Crippen molar-refractivity contribution in [2.45, 2.75) is 12.1 Å². The molecule has 3 aromatic rings. The highest BCUT2D eigenvalue weighted by Gasteiger charge is 2.22. The third kappa shape index (κ3) is 4.05. The molecule has 0 saturated heterocycles. The van der Waals surface area contributed by atoms with Crippen molar-refractivity contribution >= 4 is 23.2 Å². The van der Waals surface area contributed by atoms with Gasteiger partial charge in [-0.1, -0.05) is 53.5 Å². The van der Waals surface area contributed by atoms with Crippen molar-refractivity contribution in [1.29, 1.82) is 0 Å². The van der Waals surface area contributed by atoms with Crippen molar-refractivity contribution in [2.75, 3.05) is 7.05 Å². The van der Waals surface area contributed by atoms with Gasteiger partial charge in [-0.05, 0) is 41.9 Å². The number of rotatable bonds is 5. The molecule has 0 aliphatic rings. The van der Waals surface area contributed by atoms with Gasteiger partial charge >= 0.3 is 0 Å². The fourth-order valence-electron chi connectivity index (χ4n) is 2.85. The van der Waals surface area contributed by atoms with Gasteiger partial charge in [-0.25, -0.2) is 4.39 Å². The summed E-state index contributed by atoms with van der Waals surface area (Å²) in [5.41, 5.74) is 3.06. The number of pyridine rings is 1. The summed E-state index contributed by atoms with van der Waals surface area (Å²) >= 11 is 12.1. The minimum atomic E-state index is -0.795. The number of benzene rings is 2. The van der Waals surface area contributed by atoms with Gasteiger partial charge in [0.2, 0.25) is 0 Å². The molecule has 0 spiro atoms. The molecular formula is C20H17Cl2FN2O. The molecule has 134 valence electrons. The fourth-order valence-corrected chi connectivity index (χ4v) is 3.15. The molecule has 0 radical (unpaired) electrons. The van der Waals surface area contributed by atoms with Gasteiger partial charge < -0.3 is 10.4 Å². The van der Waals surface area contributed by atoms with Gasteiger partial charge in [0.25, 0.3) is 0 Å². The molecule has 2 unspecified atom stereocenters. The maximum absolute atomic E-state index is 13.3. The summed E-state index contributed by atoms with van der Waals surface area (Å²) in [4.78, 5) is 3.86. The zero-order valence-corrected chi connectivity index (χ0v) is 15.5. The van der Waals surface area contributed by atoms with E-state index in [9.17, 15) is 9.50 Å². The molecule has 3 nitrogen and oxygen atoms in total. The van der Waals surface area contributed by atoms with E-state index in [1.807, 2.05) is 30.3 Å². The smallest absolute Gasteiger partial charge is 0.142 e. The standard InChI is InChI=1S/C20H17Cl2FN2O/c1-24-19(14-6-7-17(21)18(22)9-14)20(26)13-4-2-12(3-5-13)15-8-16(23)11-25-10-15/h2-11,19-20,24,26H,1H3. The topological polar surface area (TPSA) is 45.1 Å². The lowest BCUT2D eigenvalue weighted by Gasteiger charge is -2.24. The van der Waals surface area contributed by atoms with Crippen LogP contribution in [0.1, 0.15) is 23.3 Å². The second kappa shape index (κ2) is 8.14. The largest absolute Gasteiger partial charge is 0.386 e. The zero-order valence-electron chi connectivity index (χ0n) is 14.0. The summed E-state index contributed by atoms with van der Waals surface area (Å²) in [5, 5.41) is 14.8. The van der Waals surface area contributed by atoms with Crippen LogP contribution in [0, 0.1) is 5.82 Å². The highest BCUT2D eigenvalue weighted by Crippen LogP contribution is 2.33. The van der Waals surface area contributed by atoms with E-state index >= 15 is 0 Å². The number of aliphatic hydroxyl groups excluding tert-OH is 1. The van der Waals surface area contributed by atoms with Crippen LogP contribution in [-0.4, -0.2) is 17.1 Å². The molecular weight excluding hydrogens is 374 g/mol. The fraction of sp³-hybridized carbons (Fsp3) is 0.150. The Balaban J connectivity index is 1.86. The molecule has 0 bridgehead atoms. The van der Waals surface area contributed by atoms with Crippen LogP contribution in [0.3, 0.4) is 0 Å². The predicted octanol–water partition coefficient (Wildman–Crippen LogP) is 5.19. The lowest BCUT2D eigenvalue weighted by molar-refractivity contribution is 0.133. The summed E-state index contributed by atoms with van der Waals surface area (Å²) in [5.74, 6) is -0.388. The first-order valence-electron chi connectivity index (χ1n) is 8.01. The molecule has 1 heterocycles. The second-order valence-corrected chi connectivity index (χ2v) is 6.71. The van der Waals surface area contributed by atoms with E-state index in [-0.39, 0.29) is 11.9 Å². The summed E-state index contributed by atoms with van der Waals surface area (Å²) in [6.07, 6.45) is 1.97. The lowest BCUT2D eigenvalue weighted by Crippen LogP contribution is -2.23. The first-order chi connectivity index (χ1) is 12.5. The molecule has 2 aromatic carbocycles. The number of aliphatic hydroxyl groups is 1. The highest BCUT2D eigenvalue weighted by atomic mass is 35.5. The van der Waals surface area contributed by atoms with Crippen LogP contribution in [0.4, 0.5) is 4.39 Å². The Hall–Kier alpha value is -1.98. The Labute approximate surface area is 161 Å². The molecule has 0 aliphatic carbocycles. The monoisotopic (exact) mass is 390 g/mol. The Morgan fingerprint density at radius 3 is 2.23 bits per heavy atom. The molecule has 2 N–H and O–H groups in total. The maximum Gasteiger partial charge on any atom is 0.142 e. The SMILES string of the molecule is CNC(c1ccc(Cl)c(Cl)c1)C(O)c1ccc(-c2cncc(F)c2)cc1. The quantitative estimate of drug-likeness (QED) is 0.629. The Morgan fingerprint density at radius 2 is 1.62 bits per heavy atom. The summed E-state index contributed by atoms with van der Waals surface area (Å²) in [6, 6.07) is 13.6. The van der Waals surface area contributed by atoms with Crippen LogP contribution in [0.15, 0.2) is 60.9 Å². The van der Waals surface area contributed by atoms with Crippen molar-refractivity contribution < 1.29 is 9.50 Å². The second-order valence-electron chi connectivity index (χ2n) is 5.90. The minimum absolute atomic E-state index is 0.355. The first-order valence-corrected chi connectivity index (χ1v) is 8.76. The molecule has 26 heavy (non-hydrogen) atoms. The van der Waals surface area contributed by atoms with Gasteiger partial charge in [0.15, 0.2) is 0 Å². The molecule has 0 aliphatic heterocycles. The number of hydrogen-bond donors (Lipinski definition) is 2. The number of aromatic nitrogens is 1. The molecule has 3 rings (SSSR count). The number of likely N-dealkylation sites (N-methyl/N-ethyl adjacent to an activating group) is 1. The number of nitrogens with zero attached hydrogens (tertiary/aromatic N) is 1. The van der Waals surface area contributed by atoms with Crippen LogP contribution in [-0.2, 0) is 0 Å². The third-order valence-corrected chi connectivity index (χ3v) is 4.96. The maximum atomic E-state index is 13.3. The van der Waals surface area contributed by atoms with Crippen molar-refractivity contribution in [3.63, 3.8) is 0 Å². The summed E-state index contributed by atoms with van der Waals surface area (Å²) in [7, 11) is 1.77. The predicted molar refractivity (Wildman–Crippen MR) is 103 cm³/mol. The van der Waals surface area contributed by atoms with Gasteiger partial charge in [0.1, 0.15) is 5.82 Å². The van der Waals surface area contributed by atoms with E-state index in [1.165, 1.54) is 6.07 Å². The van der Waals surface area contributed by atoms with Crippen LogP contribution < -0.4 is 5.32 Å². The van der Waals surface area contributed by atoms with E-state index in [1.54, 1.807) is 25.4 Å². The average molecular weight is 391 g/mol. The van der Waals surface area contributed by atoms with Crippen molar-refractivity contribution in [3.05, 3.63) is 87.9 Å². The Morgan fingerprint density at radius 1 is 0.923 bits per heavy atom. The minimum Gasteiger partial charge on any atom is -0.386 e. The van der Waals surface area contributed by atoms with Crippen molar-refractivity contribution in [2.24, 2.45) is 0 Å². The molecule has 1 aromatic heterocycles. The van der Waals surface area contributed by atoms with Crippen LogP contribution in [0.2, 0.25) is 10.0 Å². The molecule has 0 fully saturated rings. The lowest BCUT2D eigenvalue weighted by atomic mass is 9.94. The normalized spacial score (nSPS) is 13.4. The highest BCUT2D eigenvalue weighted by molar-refractivity contribution is 6.42. The molecule has 6 heteroatoms. The van der Waals surface area contributed by atoms with E-state index < -0.39 is 6.10 Å². The number of nitrogens with one attached hydrogen (secondary N) is 1. The first kappa shape index (κ1) is 18.8. The molecule has 0 saturated carbocycles. The van der Waals surface area contributed by atoms with Crippen LogP contribution >= 0.6 is 23.2 Å². The third-order valence-electron chi connectivity index (χ3n) is 4.22. The van der Waals surface area contributed by atoms with Crippen LogP contribution in [0.25, 0.3) is 11.1 Å². The summed E-state index contributed by atoms with van der Waals surface area (Å²) < 4.78 is 13.3.